The Morgan fingerprint density at radius 2 is 2.24 bits per heavy atom. The zero-order chi connectivity index (χ0) is 12.1. The van der Waals surface area contributed by atoms with Crippen LogP contribution < -0.4 is 5.32 Å². The summed E-state index contributed by atoms with van der Waals surface area (Å²) in [6.07, 6.45) is 4.04. The van der Waals surface area contributed by atoms with E-state index in [2.05, 4.69) is 29.3 Å². The van der Waals surface area contributed by atoms with Crippen LogP contribution in [-0.2, 0) is 13.1 Å². The largest absolute Gasteiger partial charge is 0.463 e. The second kappa shape index (κ2) is 6.22. The van der Waals surface area contributed by atoms with Crippen LogP contribution in [0.15, 0.2) is 16.5 Å². The van der Waals surface area contributed by atoms with Crippen LogP contribution in [0.5, 0.6) is 0 Å². The number of furan rings is 1. The van der Waals surface area contributed by atoms with Crippen LogP contribution in [0.25, 0.3) is 0 Å². The fourth-order valence-corrected chi connectivity index (χ4v) is 2.70. The Labute approximate surface area is 104 Å². The zero-order valence-corrected chi connectivity index (χ0v) is 11.0. The van der Waals surface area contributed by atoms with Gasteiger partial charge < -0.3 is 9.73 Å². The molecule has 3 nitrogen and oxygen atoms in total. The summed E-state index contributed by atoms with van der Waals surface area (Å²) in [7, 11) is 1.94. The van der Waals surface area contributed by atoms with E-state index in [-0.39, 0.29) is 0 Å². The van der Waals surface area contributed by atoms with Crippen molar-refractivity contribution in [2.45, 2.75) is 39.3 Å². The minimum absolute atomic E-state index is 0.818. The molecule has 1 fully saturated rings. The van der Waals surface area contributed by atoms with E-state index in [1.54, 1.807) is 0 Å². The summed E-state index contributed by atoms with van der Waals surface area (Å²) < 4.78 is 5.78. The summed E-state index contributed by atoms with van der Waals surface area (Å²) in [6.45, 7) is 6.55. The summed E-state index contributed by atoms with van der Waals surface area (Å²) in [5.74, 6) is 3.05. The first-order chi connectivity index (χ1) is 8.31. The molecule has 1 N–H and O–H groups in total. The number of hydrogen-bond donors (Lipinski definition) is 1. The van der Waals surface area contributed by atoms with Crippen molar-refractivity contribution in [1.29, 1.82) is 0 Å². The molecule has 1 aliphatic rings. The lowest BCUT2D eigenvalue weighted by atomic mass is 10.0. The van der Waals surface area contributed by atoms with Gasteiger partial charge in [-0.15, -0.1) is 0 Å². The van der Waals surface area contributed by atoms with Gasteiger partial charge >= 0.3 is 0 Å². The van der Waals surface area contributed by atoms with Crippen molar-refractivity contribution in [3.8, 4) is 0 Å². The number of rotatable bonds is 6. The Kier molecular flexibility index (Phi) is 4.63. The predicted octanol–water partition coefficient (Wildman–Crippen LogP) is 2.62. The summed E-state index contributed by atoms with van der Waals surface area (Å²) >= 11 is 0. The Hall–Kier alpha value is -0.800. The maximum Gasteiger partial charge on any atom is 0.118 e. The van der Waals surface area contributed by atoms with E-state index in [0.717, 1.165) is 30.5 Å². The smallest absolute Gasteiger partial charge is 0.118 e. The van der Waals surface area contributed by atoms with Crippen molar-refractivity contribution in [2.24, 2.45) is 5.92 Å². The fourth-order valence-electron chi connectivity index (χ4n) is 2.70. The fraction of sp³-hybridized carbons (Fsp3) is 0.714. The van der Waals surface area contributed by atoms with Gasteiger partial charge in [0.25, 0.3) is 0 Å². The van der Waals surface area contributed by atoms with E-state index in [0.29, 0.717) is 0 Å². The van der Waals surface area contributed by atoms with Gasteiger partial charge in [-0.3, -0.25) is 4.90 Å². The average molecular weight is 236 g/mol. The highest BCUT2D eigenvalue weighted by Gasteiger charge is 2.22. The van der Waals surface area contributed by atoms with Crippen molar-refractivity contribution in [1.82, 2.24) is 10.2 Å². The molecule has 0 radical (unpaired) electrons. The number of likely N-dealkylation sites (tertiary alicyclic amines) is 1. The van der Waals surface area contributed by atoms with Crippen LogP contribution >= 0.6 is 0 Å². The number of nitrogens with one attached hydrogen (secondary N) is 1. The molecular weight excluding hydrogens is 212 g/mol. The normalized spacial score (nSPS) is 21.2. The van der Waals surface area contributed by atoms with Crippen LogP contribution in [0.1, 0.15) is 37.7 Å². The molecule has 3 heteroatoms. The monoisotopic (exact) mass is 236 g/mol. The van der Waals surface area contributed by atoms with E-state index >= 15 is 0 Å². The van der Waals surface area contributed by atoms with Gasteiger partial charge in [-0.05, 0) is 44.5 Å². The average Bonchev–Trinajstić information content (AvgIpc) is 2.91. The highest BCUT2D eigenvalue weighted by atomic mass is 16.3. The molecule has 0 aromatic carbocycles. The van der Waals surface area contributed by atoms with E-state index in [4.69, 9.17) is 4.42 Å². The van der Waals surface area contributed by atoms with Crippen LogP contribution in [0, 0.1) is 5.92 Å². The van der Waals surface area contributed by atoms with Gasteiger partial charge in [0.05, 0.1) is 13.1 Å². The second-order valence-electron chi connectivity index (χ2n) is 5.08. The molecule has 1 unspecified atom stereocenters. The molecule has 2 rings (SSSR count). The highest BCUT2D eigenvalue weighted by molar-refractivity contribution is 5.07. The SMILES string of the molecule is CCCC1CCN(Cc2ccc(CNC)o2)C1. The third-order valence-corrected chi connectivity index (χ3v) is 3.51. The maximum absolute atomic E-state index is 5.78. The standard InChI is InChI=1S/C14H24N2O/c1-3-4-12-7-8-16(10-12)11-14-6-5-13(17-14)9-15-2/h5-6,12,15H,3-4,7-11H2,1-2H3. The van der Waals surface area contributed by atoms with E-state index in [1.807, 2.05) is 7.05 Å². The van der Waals surface area contributed by atoms with Crippen LogP contribution in [0.4, 0.5) is 0 Å². The Morgan fingerprint density at radius 3 is 3.00 bits per heavy atom. The van der Waals surface area contributed by atoms with Gasteiger partial charge in [0.1, 0.15) is 11.5 Å². The van der Waals surface area contributed by atoms with E-state index < -0.39 is 0 Å². The van der Waals surface area contributed by atoms with E-state index in [1.165, 1.54) is 32.4 Å². The molecule has 1 atom stereocenters. The molecule has 1 saturated heterocycles. The molecule has 0 spiro atoms. The molecule has 17 heavy (non-hydrogen) atoms. The molecule has 0 saturated carbocycles. The first kappa shape index (κ1) is 12.7. The van der Waals surface area contributed by atoms with Gasteiger partial charge in [0, 0.05) is 6.54 Å². The third kappa shape index (κ3) is 3.58. The van der Waals surface area contributed by atoms with Crippen LogP contribution in [-0.4, -0.2) is 25.0 Å². The summed E-state index contributed by atoms with van der Waals surface area (Å²) in [5.41, 5.74) is 0. The Bertz CT molecular complexity index is 335. The molecule has 2 heterocycles. The Morgan fingerprint density at radius 1 is 1.41 bits per heavy atom. The topological polar surface area (TPSA) is 28.4 Å². The first-order valence-corrected chi connectivity index (χ1v) is 6.76. The summed E-state index contributed by atoms with van der Waals surface area (Å²) in [5, 5.41) is 3.11. The number of nitrogens with zero attached hydrogens (tertiary/aromatic N) is 1. The zero-order valence-electron chi connectivity index (χ0n) is 11.0. The van der Waals surface area contributed by atoms with Crippen molar-refractivity contribution < 1.29 is 4.42 Å². The maximum atomic E-state index is 5.78. The van der Waals surface area contributed by atoms with Gasteiger partial charge in [-0.1, -0.05) is 13.3 Å². The van der Waals surface area contributed by atoms with Gasteiger partial charge in [0.15, 0.2) is 0 Å². The highest BCUT2D eigenvalue weighted by Crippen LogP contribution is 2.22. The van der Waals surface area contributed by atoms with Crippen LogP contribution in [0.2, 0.25) is 0 Å². The second-order valence-corrected chi connectivity index (χ2v) is 5.08. The summed E-state index contributed by atoms with van der Waals surface area (Å²) in [4.78, 5) is 2.52. The summed E-state index contributed by atoms with van der Waals surface area (Å²) in [6, 6.07) is 4.19. The predicted molar refractivity (Wildman–Crippen MR) is 69.8 cm³/mol. The first-order valence-electron chi connectivity index (χ1n) is 6.76. The van der Waals surface area contributed by atoms with Gasteiger partial charge in [-0.25, -0.2) is 0 Å². The molecule has 0 bridgehead atoms. The van der Waals surface area contributed by atoms with Crippen LogP contribution in [0.3, 0.4) is 0 Å². The van der Waals surface area contributed by atoms with Gasteiger partial charge in [0.2, 0.25) is 0 Å². The van der Waals surface area contributed by atoms with Crippen molar-refractivity contribution >= 4 is 0 Å². The van der Waals surface area contributed by atoms with Gasteiger partial charge in [-0.2, -0.15) is 0 Å². The molecule has 1 aromatic heterocycles. The molecule has 0 aliphatic carbocycles. The number of hydrogen-bond acceptors (Lipinski definition) is 3. The lowest BCUT2D eigenvalue weighted by Crippen LogP contribution is -2.19. The molecule has 1 aromatic rings. The Balaban J connectivity index is 1.80. The molecule has 1 aliphatic heterocycles. The lowest BCUT2D eigenvalue weighted by Gasteiger charge is -2.14. The minimum atomic E-state index is 0.818. The minimum Gasteiger partial charge on any atom is -0.463 e. The van der Waals surface area contributed by atoms with E-state index in [9.17, 15) is 0 Å². The molecule has 0 amide bonds. The lowest BCUT2D eigenvalue weighted by molar-refractivity contribution is 0.279. The quantitative estimate of drug-likeness (QED) is 0.823. The third-order valence-electron chi connectivity index (χ3n) is 3.51. The van der Waals surface area contributed by atoms with Crippen molar-refractivity contribution in [2.75, 3.05) is 20.1 Å². The van der Waals surface area contributed by atoms with Crippen molar-refractivity contribution in [3.63, 3.8) is 0 Å². The van der Waals surface area contributed by atoms with Crippen molar-refractivity contribution in [3.05, 3.63) is 23.7 Å². The molecule has 96 valence electrons. The molecular formula is C14H24N2O.